The summed E-state index contributed by atoms with van der Waals surface area (Å²) >= 11 is 0. The van der Waals surface area contributed by atoms with Gasteiger partial charge in [0, 0.05) is 13.0 Å². The molecule has 0 aromatic heterocycles. The molecule has 3 heteroatoms. The fourth-order valence-corrected chi connectivity index (χ4v) is 2.49. The predicted molar refractivity (Wildman–Crippen MR) is 55.2 cm³/mol. The highest BCUT2D eigenvalue weighted by Gasteiger charge is 2.48. The van der Waals surface area contributed by atoms with E-state index in [1.54, 1.807) is 7.11 Å². The first kappa shape index (κ1) is 12.0. The lowest BCUT2D eigenvalue weighted by Gasteiger charge is -2.29. The molecule has 1 aliphatic heterocycles. The second-order valence-corrected chi connectivity index (χ2v) is 5.30. The molecule has 2 unspecified atom stereocenters. The van der Waals surface area contributed by atoms with E-state index in [1.165, 1.54) is 0 Å². The summed E-state index contributed by atoms with van der Waals surface area (Å²) in [5, 5.41) is 9.91. The van der Waals surface area contributed by atoms with E-state index in [2.05, 4.69) is 13.8 Å². The SMILES string of the molecule is COCC(O)C1CC(C)(C)OC1(C)C. The highest BCUT2D eigenvalue weighted by atomic mass is 16.5. The van der Waals surface area contributed by atoms with Crippen molar-refractivity contribution >= 4 is 0 Å². The molecule has 1 N–H and O–H groups in total. The molecule has 1 fully saturated rings. The molecule has 1 aliphatic rings. The number of hydrogen-bond acceptors (Lipinski definition) is 3. The van der Waals surface area contributed by atoms with Crippen LogP contribution in [0.3, 0.4) is 0 Å². The molecule has 0 aromatic rings. The Morgan fingerprint density at radius 2 is 2.00 bits per heavy atom. The molecule has 0 aromatic carbocycles. The third-order valence-corrected chi connectivity index (χ3v) is 2.95. The maximum Gasteiger partial charge on any atom is 0.0829 e. The average molecular weight is 202 g/mol. The molecule has 1 saturated heterocycles. The Morgan fingerprint density at radius 3 is 2.36 bits per heavy atom. The molecular weight excluding hydrogens is 180 g/mol. The first-order valence-electron chi connectivity index (χ1n) is 5.16. The lowest BCUT2D eigenvalue weighted by Crippen LogP contribution is -2.38. The third kappa shape index (κ3) is 2.47. The predicted octanol–water partition coefficient (Wildman–Crippen LogP) is 1.59. The van der Waals surface area contributed by atoms with Gasteiger partial charge in [-0.25, -0.2) is 0 Å². The zero-order chi connectivity index (χ0) is 11.0. The number of methoxy groups -OCH3 is 1. The molecule has 0 amide bonds. The summed E-state index contributed by atoms with van der Waals surface area (Å²) < 4.78 is 10.9. The summed E-state index contributed by atoms with van der Waals surface area (Å²) in [6.07, 6.45) is 0.446. The second kappa shape index (κ2) is 3.80. The molecule has 1 rings (SSSR count). The lowest BCUT2D eigenvalue weighted by atomic mass is 9.83. The number of rotatable bonds is 3. The lowest BCUT2D eigenvalue weighted by molar-refractivity contribution is -0.0938. The second-order valence-electron chi connectivity index (χ2n) is 5.30. The third-order valence-electron chi connectivity index (χ3n) is 2.95. The minimum atomic E-state index is -0.434. The molecule has 2 atom stereocenters. The van der Waals surface area contributed by atoms with Crippen molar-refractivity contribution < 1.29 is 14.6 Å². The van der Waals surface area contributed by atoms with E-state index in [-0.39, 0.29) is 17.1 Å². The van der Waals surface area contributed by atoms with Crippen molar-refractivity contribution in [3.63, 3.8) is 0 Å². The van der Waals surface area contributed by atoms with E-state index < -0.39 is 6.10 Å². The zero-order valence-corrected chi connectivity index (χ0v) is 9.83. The van der Waals surface area contributed by atoms with Crippen LogP contribution < -0.4 is 0 Å². The summed E-state index contributed by atoms with van der Waals surface area (Å²) in [6, 6.07) is 0. The minimum absolute atomic E-state index is 0.136. The van der Waals surface area contributed by atoms with Crippen molar-refractivity contribution in [2.75, 3.05) is 13.7 Å². The van der Waals surface area contributed by atoms with Crippen molar-refractivity contribution in [1.82, 2.24) is 0 Å². The normalized spacial score (nSPS) is 31.7. The summed E-state index contributed by atoms with van der Waals surface area (Å²) in [5.41, 5.74) is -0.398. The molecule has 0 spiro atoms. The first-order valence-corrected chi connectivity index (χ1v) is 5.16. The standard InChI is InChI=1S/C11H22O3/c1-10(2)6-8(9(12)7-13-5)11(3,4)14-10/h8-9,12H,6-7H2,1-5H3. The molecule has 14 heavy (non-hydrogen) atoms. The van der Waals surface area contributed by atoms with Crippen molar-refractivity contribution in [3.8, 4) is 0 Å². The molecule has 0 bridgehead atoms. The van der Waals surface area contributed by atoms with Gasteiger partial charge in [0.25, 0.3) is 0 Å². The van der Waals surface area contributed by atoms with Crippen LogP contribution in [0.25, 0.3) is 0 Å². The number of aliphatic hydroxyl groups is 1. The van der Waals surface area contributed by atoms with Crippen LogP contribution >= 0.6 is 0 Å². The van der Waals surface area contributed by atoms with Gasteiger partial charge in [-0.1, -0.05) is 0 Å². The molecule has 0 aliphatic carbocycles. The Balaban J connectivity index is 2.69. The average Bonchev–Trinajstić information content (AvgIpc) is 2.19. The fraction of sp³-hybridized carbons (Fsp3) is 1.00. The summed E-state index contributed by atoms with van der Waals surface area (Å²) in [6.45, 7) is 8.58. The van der Waals surface area contributed by atoms with Gasteiger partial charge in [0.1, 0.15) is 0 Å². The van der Waals surface area contributed by atoms with Gasteiger partial charge in [0.15, 0.2) is 0 Å². The van der Waals surface area contributed by atoms with Gasteiger partial charge in [-0.05, 0) is 34.1 Å². The van der Waals surface area contributed by atoms with Crippen LogP contribution in [0.2, 0.25) is 0 Å². The van der Waals surface area contributed by atoms with Crippen molar-refractivity contribution in [2.45, 2.75) is 51.4 Å². The van der Waals surface area contributed by atoms with Crippen LogP contribution in [0.1, 0.15) is 34.1 Å². The van der Waals surface area contributed by atoms with Crippen LogP contribution in [-0.2, 0) is 9.47 Å². The van der Waals surface area contributed by atoms with Crippen LogP contribution in [-0.4, -0.2) is 36.1 Å². The van der Waals surface area contributed by atoms with Gasteiger partial charge in [-0.15, -0.1) is 0 Å². The molecule has 3 nitrogen and oxygen atoms in total. The van der Waals surface area contributed by atoms with E-state index in [1.807, 2.05) is 13.8 Å². The summed E-state index contributed by atoms with van der Waals surface area (Å²) in [4.78, 5) is 0. The van der Waals surface area contributed by atoms with Crippen molar-refractivity contribution in [1.29, 1.82) is 0 Å². The number of ether oxygens (including phenoxy) is 2. The summed E-state index contributed by atoms with van der Waals surface area (Å²) in [7, 11) is 1.61. The van der Waals surface area contributed by atoms with Gasteiger partial charge in [0.05, 0.1) is 23.9 Å². The Bertz CT molecular complexity index is 199. The fourth-order valence-electron chi connectivity index (χ4n) is 2.49. The monoisotopic (exact) mass is 202 g/mol. The van der Waals surface area contributed by atoms with Crippen molar-refractivity contribution in [2.24, 2.45) is 5.92 Å². The molecular formula is C11H22O3. The topological polar surface area (TPSA) is 38.7 Å². The van der Waals surface area contributed by atoms with E-state index in [0.717, 1.165) is 6.42 Å². The highest BCUT2D eigenvalue weighted by Crippen LogP contribution is 2.43. The largest absolute Gasteiger partial charge is 0.390 e. The van der Waals surface area contributed by atoms with Gasteiger partial charge >= 0.3 is 0 Å². The Labute approximate surface area is 86.4 Å². The Morgan fingerprint density at radius 1 is 1.43 bits per heavy atom. The Hall–Kier alpha value is -0.120. The van der Waals surface area contributed by atoms with Crippen LogP contribution in [0.5, 0.6) is 0 Å². The van der Waals surface area contributed by atoms with E-state index in [9.17, 15) is 5.11 Å². The molecule has 1 heterocycles. The van der Waals surface area contributed by atoms with E-state index in [4.69, 9.17) is 9.47 Å². The smallest absolute Gasteiger partial charge is 0.0829 e. The van der Waals surface area contributed by atoms with Crippen LogP contribution in [0, 0.1) is 5.92 Å². The number of aliphatic hydroxyl groups excluding tert-OH is 1. The molecule has 0 radical (unpaired) electrons. The summed E-state index contributed by atoms with van der Waals surface area (Å²) in [5.74, 6) is 0.150. The maximum atomic E-state index is 9.91. The molecule has 0 saturated carbocycles. The van der Waals surface area contributed by atoms with Gasteiger partial charge in [-0.3, -0.25) is 0 Å². The quantitative estimate of drug-likeness (QED) is 0.755. The molecule has 84 valence electrons. The zero-order valence-electron chi connectivity index (χ0n) is 9.83. The van der Waals surface area contributed by atoms with Gasteiger partial charge in [0.2, 0.25) is 0 Å². The highest BCUT2D eigenvalue weighted by molar-refractivity contribution is 4.97. The minimum Gasteiger partial charge on any atom is -0.390 e. The van der Waals surface area contributed by atoms with Crippen LogP contribution in [0.4, 0.5) is 0 Å². The van der Waals surface area contributed by atoms with Crippen LogP contribution in [0.15, 0.2) is 0 Å². The van der Waals surface area contributed by atoms with Gasteiger partial charge < -0.3 is 14.6 Å². The van der Waals surface area contributed by atoms with Crippen molar-refractivity contribution in [3.05, 3.63) is 0 Å². The maximum absolute atomic E-state index is 9.91. The first-order chi connectivity index (χ1) is 6.28. The number of hydrogen-bond donors (Lipinski definition) is 1. The van der Waals surface area contributed by atoms with Gasteiger partial charge in [-0.2, -0.15) is 0 Å². The van der Waals surface area contributed by atoms with E-state index in [0.29, 0.717) is 6.61 Å². The van der Waals surface area contributed by atoms with E-state index >= 15 is 0 Å². The Kier molecular flexibility index (Phi) is 3.24.